The number of nitrogens with zero attached hydrogens (tertiary/aromatic N) is 3. The monoisotopic (exact) mass is 539 g/mol. The van der Waals surface area contributed by atoms with Crippen molar-refractivity contribution < 1.29 is 19.8 Å². The first-order valence-corrected chi connectivity index (χ1v) is 13.3. The van der Waals surface area contributed by atoms with E-state index in [0.29, 0.717) is 23.4 Å². The topological polar surface area (TPSA) is 96.8 Å². The highest BCUT2D eigenvalue weighted by Crippen LogP contribution is 2.39. The Bertz CT molecular complexity index is 1560. The fourth-order valence-corrected chi connectivity index (χ4v) is 4.59. The van der Waals surface area contributed by atoms with Crippen LogP contribution in [0.3, 0.4) is 0 Å². The van der Waals surface area contributed by atoms with Gasteiger partial charge in [-0.3, -0.25) is 4.79 Å². The van der Waals surface area contributed by atoms with Gasteiger partial charge < -0.3 is 19.3 Å². The molecule has 0 unspecified atom stereocenters. The minimum atomic E-state index is -1.00. The summed E-state index contributed by atoms with van der Waals surface area (Å²) in [6.45, 7) is 12.7. The molecule has 1 aromatic heterocycles. The van der Waals surface area contributed by atoms with Crippen molar-refractivity contribution in [1.29, 1.82) is 0 Å². The largest absolute Gasteiger partial charge is 0.507 e. The molecule has 0 amide bonds. The maximum absolute atomic E-state index is 13.8. The van der Waals surface area contributed by atoms with E-state index in [1.807, 2.05) is 88.8 Å². The number of imidazole rings is 1. The first kappa shape index (κ1) is 28.6. The molecule has 0 atom stereocenters. The molecule has 4 aromatic rings. The highest BCUT2D eigenvalue weighted by molar-refractivity contribution is 5.96. The van der Waals surface area contributed by atoms with Crippen LogP contribution in [0.4, 0.5) is 5.69 Å². The van der Waals surface area contributed by atoms with Gasteiger partial charge in [0.1, 0.15) is 5.75 Å². The highest BCUT2D eigenvalue weighted by atomic mass is 16.4. The SMILES string of the molecule is CC(C)(C)c1cc(C(=O)Cn2ccn(Cc3ccccc3)/c2=N/c2ccc(C(=O)O)cc2)cc(C(C)(C)C)c1O. The minimum absolute atomic E-state index is 0.0474. The second-order valence-electron chi connectivity index (χ2n) is 12.1. The van der Waals surface area contributed by atoms with Crippen molar-refractivity contribution in [2.24, 2.45) is 4.99 Å². The molecule has 3 aromatic carbocycles. The number of aromatic carboxylic acids is 1. The lowest BCUT2D eigenvalue weighted by atomic mass is 9.78. The Morgan fingerprint density at radius 2 is 1.32 bits per heavy atom. The lowest BCUT2D eigenvalue weighted by Gasteiger charge is -2.28. The number of phenolic OH excluding ortho intramolecular Hbond substituents is 1. The zero-order chi connectivity index (χ0) is 29.2. The number of rotatable bonds is 7. The molecule has 0 aliphatic heterocycles. The van der Waals surface area contributed by atoms with E-state index in [9.17, 15) is 19.8 Å². The molecule has 7 nitrogen and oxygen atoms in total. The Balaban J connectivity index is 1.79. The zero-order valence-electron chi connectivity index (χ0n) is 24.0. The molecule has 0 radical (unpaired) electrons. The summed E-state index contributed by atoms with van der Waals surface area (Å²) in [4.78, 5) is 29.9. The van der Waals surface area contributed by atoms with Crippen molar-refractivity contribution in [3.8, 4) is 5.75 Å². The van der Waals surface area contributed by atoms with Crippen LogP contribution in [0.1, 0.15) is 78.9 Å². The van der Waals surface area contributed by atoms with Crippen LogP contribution in [0.5, 0.6) is 5.75 Å². The van der Waals surface area contributed by atoms with Crippen molar-refractivity contribution in [3.05, 3.63) is 113 Å². The van der Waals surface area contributed by atoms with Gasteiger partial charge in [0.2, 0.25) is 5.62 Å². The first-order valence-electron chi connectivity index (χ1n) is 13.3. The first-order chi connectivity index (χ1) is 18.7. The van der Waals surface area contributed by atoms with Crippen molar-refractivity contribution >= 4 is 17.4 Å². The number of carbonyl (C=O) groups excluding carboxylic acids is 1. The maximum atomic E-state index is 13.8. The van der Waals surface area contributed by atoms with Gasteiger partial charge in [0.05, 0.1) is 24.3 Å². The quantitative estimate of drug-likeness (QED) is 0.264. The molecule has 0 fully saturated rings. The van der Waals surface area contributed by atoms with Gasteiger partial charge in [-0.25, -0.2) is 9.79 Å². The molecule has 0 bridgehead atoms. The molecule has 7 heteroatoms. The third-order valence-electron chi connectivity index (χ3n) is 6.84. The zero-order valence-corrected chi connectivity index (χ0v) is 24.0. The molecule has 2 N–H and O–H groups in total. The third kappa shape index (κ3) is 6.42. The van der Waals surface area contributed by atoms with E-state index in [-0.39, 0.29) is 34.5 Å². The van der Waals surface area contributed by atoms with E-state index in [1.54, 1.807) is 28.8 Å². The average molecular weight is 540 g/mol. The van der Waals surface area contributed by atoms with Crippen LogP contribution in [-0.4, -0.2) is 31.1 Å². The third-order valence-corrected chi connectivity index (χ3v) is 6.84. The Morgan fingerprint density at radius 3 is 1.85 bits per heavy atom. The summed E-state index contributed by atoms with van der Waals surface area (Å²) >= 11 is 0. The minimum Gasteiger partial charge on any atom is -0.507 e. The lowest BCUT2D eigenvalue weighted by Crippen LogP contribution is -2.29. The molecule has 0 saturated heterocycles. The molecular formula is C33H37N3O4. The van der Waals surface area contributed by atoms with Crippen LogP contribution < -0.4 is 5.62 Å². The highest BCUT2D eigenvalue weighted by Gasteiger charge is 2.28. The predicted octanol–water partition coefficient (Wildman–Crippen LogP) is 6.45. The van der Waals surface area contributed by atoms with Gasteiger partial charge in [0.15, 0.2) is 5.78 Å². The van der Waals surface area contributed by atoms with Gasteiger partial charge in [-0.1, -0.05) is 71.9 Å². The summed E-state index contributed by atoms with van der Waals surface area (Å²) < 4.78 is 3.77. The number of aromatic hydroxyl groups is 1. The van der Waals surface area contributed by atoms with Gasteiger partial charge in [-0.05, 0) is 52.8 Å². The summed E-state index contributed by atoms with van der Waals surface area (Å²) in [5.41, 5.74) is 3.70. The number of ketones is 1. The van der Waals surface area contributed by atoms with E-state index in [2.05, 4.69) is 0 Å². The number of carboxylic acid groups (broad SMARTS) is 1. The number of hydrogen-bond donors (Lipinski definition) is 2. The number of benzene rings is 3. The summed E-state index contributed by atoms with van der Waals surface area (Å²) in [5, 5.41) is 20.3. The van der Waals surface area contributed by atoms with Gasteiger partial charge in [0, 0.05) is 29.1 Å². The average Bonchev–Trinajstić information content (AvgIpc) is 3.23. The number of hydrogen-bond acceptors (Lipinski definition) is 4. The smallest absolute Gasteiger partial charge is 0.335 e. The Morgan fingerprint density at radius 1 is 0.775 bits per heavy atom. The van der Waals surface area contributed by atoms with Gasteiger partial charge in [0.25, 0.3) is 0 Å². The van der Waals surface area contributed by atoms with Crippen LogP contribution in [0.2, 0.25) is 0 Å². The normalized spacial score (nSPS) is 12.5. The number of Topliss-reactive ketones (excluding diaryl/α,β-unsaturated/α-hetero) is 1. The number of carboxylic acids is 1. The fraction of sp³-hybridized carbons (Fsp3) is 0.303. The fourth-order valence-electron chi connectivity index (χ4n) is 4.59. The number of carbonyl (C=O) groups is 2. The Labute approximate surface area is 235 Å². The molecule has 208 valence electrons. The maximum Gasteiger partial charge on any atom is 0.335 e. The second-order valence-corrected chi connectivity index (χ2v) is 12.1. The lowest BCUT2D eigenvalue weighted by molar-refractivity contribution is 0.0696. The second kappa shape index (κ2) is 11.0. The van der Waals surface area contributed by atoms with Crippen molar-refractivity contribution in [2.75, 3.05) is 0 Å². The summed E-state index contributed by atoms with van der Waals surface area (Å²) in [6.07, 6.45) is 3.73. The van der Waals surface area contributed by atoms with Crippen LogP contribution in [0, 0.1) is 0 Å². The van der Waals surface area contributed by atoms with E-state index >= 15 is 0 Å². The standard InChI is InChI=1S/C33H37N3O4/c1-32(2,3)26-18-24(19-27(29(26)38)33(4,5)6)28(37)21-36-17-16-35(20-22-10-8-7-9-11-22)31(36)34-25-14-12-23(13-15-25)30(39)40/h7-19,38H,20-21H2,1-6H3,(H,39,40)/b34-31-. The Kier molecular flexibility index (Phi) is 7.87. The van der Waals surface area contributed by atoms with Crippen LogP contribution >= 0.6 is 0 Å². The molecule has 0 saturated carbocycles. The van der Waals surface area contributed by atoms with Crippen molar-refractivity contribution in [3.63, 3.8) is 0 Å². The van der Waals surface area contributed by atoms with Crippen LogP contribution in [0.25, 0.3) is 0 Å². The summed E-state index contributed by atoms with van der Waals surface area (Å²) in [7, 11) is 0. The predicted molar refractivity (Wildman–Crippen MR) is 156 cm³/mol. The Hall–Kier alpha value is -4.39. The summed E-state index contributed by atoms with van der Waals surface area (Å²) in [6, 6.07) is 19.9. The molecule has 1 heterocycles. The van der Waals surface area contributed by atoms with E-state index in [0.717, 1.165) is 16.7 Å². The van der Waals surface area contributed by atoms with Gasteiger partial charge >= 0.3 is 5.97 Å². The number of aromatic nitrogens is 2. The van der Waals surface area contributed by atoms with E-state index < -0.39 is 5.97 Å². The van der Waals surface area contributed by atoms with E-state index in [4.69, 9.17) is 4.99 Å². The van der Waals surface area contributed by atoms with Crippen molar-refractivity contribution in [1.82, 2.24) is 9.13 Å². The molecule has 0 spiro atoms. The molecular weight excluding hydrogens is 502 g/mol. The number of phenols is 1. The summed E-state index contributed by atoms with van der Waals surface area (Å²) in [5.74, 6) is -0.868. The molecule has 0 aliphatic rings. The molecule has 4 rings (SSSR count). The molecule has 40 heavy (non-hydrogen) atoms. The van der Waals surface area contributed by atoms with Crippen molar-refractivity contribution in [2.45, 2.75) is 65.5 Å². The van der Waals surface area contributed by atoms with Gasteiger partial charge in [-0.2, -0.15) is 0 Å². The van der Waals surface area contributed by atoms with Crippen LogP contribution in [-0.2, 0) is 23.9 Å². The van der Waals surface area contributed by atoms with Gasteiger partial charge in [-0.15, -0.1) is 0 Å². The van der Waals surface area contributed by atoms with Crippen LogP contribution in [0.15, 0.2) is 84.1 Å². The van der Waals surface area contributed by atoms with E-state index in [1.165, 1.54) is 12.1 Å². The molecule has 0 aliphatic carbocycles.